The maximum Gasteiger partial charge on any atom is 0.192 e. The molecule has 1 aliphatic rings. The van der Waals surface area contributed by atoms with Crippen LogP contribution in [-0.2, 0) is 7.05 Å². The molecule has 0 unspecified atom stereocenters. The minimum atomic E-state index is -0.280. The van der Waals surface area contributed by atoms with Gasteiger partial charge >= 0.3 is 0 Å². The maximum atomic E-state index is 6.01. The highest BCUT2D eigenvalue weighted by molar-refractivity contribution is 7.99. The van der Waals surface area contributed by atoms with Gasteiger partial charge in [-0.25, -0.2) is 0 Å². The number of thioether (sulfide) groups is 1. The molecular weight excluding hydrogens is 386 g/mol. The fourth-order valence-corrected chi connectivity index (χ4v) is 3.56. The minimum absolute atomic E-state index is 0.280. The number of nitrogens with zero attached hydrogens (tertiary/aromatic N) is 3. The monoisotopic (exact) mass is 403 g/mol. The summed E-state index contributed by atoms with van der Waals surface area (Å²) < 4.78 is 19.4. The summed E-state index contributed by atoms with van der Waals surface area (Å²) >= 11 is 7.45. The molecule has 1 aliphatic heterocycles. The summed E-state index contributed by atoms with van der Waals surface area (Å²) in [4.78, 5) is 0. The van der Waals surface area contributed by atoms with E-state index in [-0.39, 0.29) is 6.10 Å². The van der Waals surface area contributed by atoms with E-state index in [1.54, 1.807) is 11.8 Å². The zero-order valence-electron chi connectivity index (χ0n) is 14.7. The van der Waals surface area contributed by atoms with Crippen molar-refractivity contribution in [1.29, 1.82) is 0 Å². The fraction of sp³-hybridized carbons (Fsp3) is 0.263. The average Bonchev–Trinajstić information content (AvgIpc) is 3.07. The summed E-state index contributed by atoms with van der Waals surface area (Å²) in [6.45, 7) is 0.970. The first-order valence-electron chi connectivity index (χ1n) is 8.49. The first-order valence-corrected chi connectivity index (χ1v) is 9.86. The Morgan fingerprint density at radius 1 is 1.15 bits per heavy atom. The van der Waals surface area contributed by atoms with Crippen LogP contribution in [0.4, 0.5) is 0 Å². The van der Waals surface area contributed by atoms with Crippen LogP contribution in [0, 0.1) is 0 Å². The zero-order chi connectivity index (χ0) is 18.6. The van der Waals surface area contributed by atoms with Crippen molar-refractivity contribution >= 4 is 23.4 Å². The van der Waals surface area contributed by atoms with E-state index in [2.05, 4.69) is 10.2 Å². The first-order chi connectivity index (χ1) is 13.2. The number of hydrogen-bond acceptors (Lipinski definition) is 6. The number of ether oxygens (including phenoxy) is 3. The van der Waals surface area contributed by atoms with Crippen molar-refractivity contribution in [2.75, 3.05) is 19.0 Å². The summed E-state index contributed by atoms with van der Waals surface area (Å²) in [5, 5.41) is 10.1. The van der Waals surface area contributed by atoms with Crippen LogP contribution in [0.5, 0.6) is 17.2 Å². The lowest BCUT2D eigenvalue weighted by Crippen LogP contribution is -2.24. The van der Waals surface area contributed by atoms with Gasteiger partial charge in [0, 0.05) is 17.8 Å². The fourth-order valence-electron chi connectivity index (χ4n) is 2.70. The van der Waals surface area contributed by atoms with Crippen molar-refractivity contribution in [3.63, 3.8) is 0 Å². The molecule has 0 fully saturated rings. The van der Waals surface area contributed by atoms with Crippen molar-refractivity contribution in [2.24, 2.45) is 7.05 Å². The number of fused-ring (bicyclic) bond motifs is 1. The Bertz CT molecular complexity index is 917. The Morgan fingerprint density at radius 3 is 2.74 bits per heavy atom. The Balaban J connectivity index is 1.33. The van der Waals surface area contributed by atoms with Crippen LogP contribution in [0.15, 0.2) is 53.7 Å². The second-order valence-electron chi connectivity index (χ2n) is 5.91. The first kappa shape index (κ1) is 18.0. The van der Waals surface area contributed by atoms with Gasteiger partial charge in [-0.2, -0.15) is 0 Å². The molecule has 0 saturated heterocycles. The number of rotatable bonds is 6. The molecule has 0 radical (unpaired) electrons. The van der Waals surface area contributed by atoms with Gasteiger partial charge in [0.15, 0.2) is 28.6 Å². The van der Waals surface area contributed by atoms with Gasteiger partial charge < -0.3 is 18.8 Å². The van der Waals surface area contributed by atoms with Crippen LogP contribution in [0.25, 0.3) is 0 Å². The molecule has 27 heavy (non-hydrogen) atoms. The molecule has 3 aromatic rings. The van der Waals surface area contributed by atoms with Gasteiger partial charge in [-0.3, -0.25) is 0 Å². The summed E-state index contributed by atoms with van der Waals surface area (Å²) in [5.41, 5.74) is 0. The summed E-state index contributed by atoms with van der Waals surface area (Å²) in [5.74, 6) is 3.77. The summed E-state index contributed by atoms with van der Waals surface area (Å²) in [7, 11) is 1.93. The number of para-hydroxylation sites is 2. The van der Waals surface area contributed by atoms with Gasteiger partial charge in [-0.15, -0.1) is 10.2 Å². The van der Waals surface area contributed by atoms with E-state index >= 15 is 0 Å². The molecule has 1 aromatic heterocycles. The molecule has 8 heteroatoms. The van der Waals surface area contributed by atoms with Gasteiger partial charge in [0.25, 0.3) is 0 Å². The van der Waals surface area contributed by atoms with E-state index in [9.17, 15) is 0 Å². The molecule has 2 heterocycles. The van der Waals surface area contributed by atoms with Crippen molar-refractivity contribution in [2.45, 2.75) is 11.3 Å². The van der Waals surface area contributed by atoms with Gasteiger partial charge in [0.2, 0.25) is 0 Å². The van der Waals surface area contributed by atoms with Crippen LogP contribution >= 0.6 is 23.4 Å². The third kappa shape index (κ3) is 4.14. The molecule has 6 nitrogen and oxygen atoms in total. The number of aromatic nitrogens is 3. The third-order valence-electron chi connectivity index (χ3n) is 4.06. The second kappa shape index (κ2) is 8.10. The predicted molar refractivity (Wildman–Crippen MR) is 104 cm³/mol. The van der Waals surface area contributed by atoms with Gasteiger partial charge in [0.1, 0.15) is 12.4 Å². The van der Waals surface area contributed by atoms with Gasteiger partial charge in [-0.1, -0.05) is 35.5 Å². The Morgan fingerprint density at radius 2 is 1.93 bits per heavy atom. The minimum Gasteiger partial charge on any atom is -0.493 e. The van der Waals surface area contributed by atoms with E-state index in [0.717, 1.165) is 34.0 Å². The molecule has 0 amide bonds. The van der Waals surface area contributed by atoms with Crippen molar-refractivity contribution in [1.82, 2.24) is 14.8 Å². The number of hydrogen-bond donors (Lipinski definition) is 0. The van der Waals surface area contributed by atoms with Crippen molar-refractivity contribution in [3.05, 3.63) is 59.4 Å². The molecular formula is C19H18ClN3O3S. The van der Waals surface area contributed by atoms with Crippen LogP contribution in [-0.4, -0.2) is 33.7 Å². The highest BCUT2D eigenvalue weighted by Gasteiger charge is 2.27. The molecule has 1 atom stereocenters. The van der Waals surface area contributed by atoms with E-state index in [1.165, 1.54) is 0 Å². The van der Waals surface area contributed by atoms with Gasteiger partial charge in [0.05, 0.1) is 6.61 Å². The number of halogens is 1. The van der Waals surface area contributed by atoms with Crippen LogP contribution in [0.3, 0.4) is 0 Å². The maximum absolute atomic E-state index is 6.01. The zero-order valence-corrected chi connectivity index (χ0v) is 16.2. The lowest BCUT2D eigenvalue weighted by atomic mass is 10.2. The molecule has 0 N–H and O–H groups in total. The quantitative estimate of drug-likeness (QED) is 0.455. The van der Waals surface area contributed by atoms with Crippen molar-refractivity contribution in [3.8, 4) is 17.2 Å². The SMILES string of the molecule is Cn1c(SCCOc2ccc(Cl)cc2)nnc1[C@@H]1COc2ccccc2O1. The summed E-state index contributed by atoms with van der Waals surface area (Å²) in [6.07, 6.45) is -0.280. The topological polar surface area (TPSA) is 58.4 Å². The van der Waals surface area contributed by atoms with E-state index in [1.807, 2.05) is 60.1 Å². The lowest BCUT2D eigenvalue weighted by molar-refractivity contribution is 0.0825. The highest BCUT2D eigenvalue weighted by Crippen LogP contribution is 2.35. The molecule has 0 aliphatic carbocycles. The molecule has 0 saturated carbocycles. The Hall–Kier alpha value is -2.38. The smallest absolute Gasteiger partial charge is 0.192 e. The second-order valence-corrected chi connectivity index (χ2v) is 7.41. The molecule has 2 aromatic carbocycles. The van der Waals surface area contributed by atoms with Crippen LogP contribution in [0.2, 0.25) is 5.02 Å². The lowest BCUT2D eigenvalue weighted by Gasteiger charge is -2.25. The predicted octanol–water partition coefficient (Wildman–Crippen LogP) is 4.15. The van der Waals surface area contributed by atoms with Crippen LogP contribution in [0.1, 0.15) is 11.9 Å². The Labute approximate surface area is 166 Å². The number of benzene rings is 2. The largest absolute Gasteiger partial charge is 0.493 e. The summed E-state index contributed by atoms with van der Waals surface area (Å²) in [6, 6.07) is 14.9. The van der Waals surface area contributed by atoms with E-state index < -0.39 is 0 Å². The van der Waals surface area contributed by atoms with E-state index in [4.69, 9.17) is 25.8 Å². The normalized spacial score (nSPS) is 15.6. The third-order valence-corrected chi connectivity index (χ3v) is 5.30. The molecule has 4 rings (SSSR count). The average molecular weight is 404 g/mol. The van der Waals surface area contributed by atoms with Crippen LogP contribution < -0.4 is 14.2 Å². The molecule has 0 spiro atoms. The molecule has 0 bridgehead atoms. The van der Waals surface area contributed by atoms with E-state index in [0.29, 0.717) is 18.2 Å². The molecule has 140 valence electrons. The standard InChI is InChI=1S/C19H18ClN3O3S/c1-23-18(17-12-25-15-4-2-3-5-16(15)26-17)21-22-19(23)27-11-10-24-14-8-6-13(20)7-9-14/h2-9,17H,10-12H2,1H3/t17-/m0/s1. The Kier molecular flexibility index (Phi) is 5.40. The highest BCUT2D eigenvalue weighted by atomic mass is 35.5. The van der Waals surface area contributed by atoms with Crippen molar-refractivity contribution < 1.29 is 14.2 Å². The van der Waals surface area contributed by atoms with Gasteiger partial charge in [-0.05, 0) is 36.4 Å².